The molecule has 0 bridgehead atoms. The molecule has 0 unspecified atom stereocenters. The van der Waals surface area contributed by atoms with E-state index in [-0.39, 0.29) is 11.7 Å². The number of halogens is 1. The number of phenolic OH excluding ortho intramolecular Hbond substituents is 1. The molecule has 0 saturated heterocycles. The van der Waals surface area contributed by atoms with Crippen LogP contribution in [0, 0.1) is 6.92 Å². The molecule has 3 nitrogen and oxygen atoms in total. The van der Waals surface area contributed by atoms with Gasteiger partial charge in [0.25, 0.3) is 5.91 Å². The molecule has 5 heteroatoms. The molecular formula is C24H24ClNO2S. The second-order valence-corrected chi connectivity index (χ2v) is 8.45. The van der Waals surface area contributed by atoms with Crippen LogP contribution in [0.4, 0.5) is 5.69 Å². The Morgan fingerprint density at radius 1 is 1.07 bits per heavy atom. The highest BCUT2D eigenvalue weighted by molar-refractivity contribution is 7.99. The number of phenols is 1. The highest BCUT2D eigenvalue weighted by Gasteiger charge is 2.23. The Morgan fingerprint density at radius 2 is 1.72 bits per heavy atom. The number of carbonyl (C=O) groups is 1. The highest BCUT2D eigenvalue weighted by atomic mass is 35.5. The average molecular weight is 426 g/mol. The zero-order valence-electron chi connectivity index (χ0n) is 16.8. The summed E-state index contributed by atoms with van der Waals surface area (Å²) in [5, 5.41) is 14.3. The minimum Gasteiger partial charge on any atom is -0.507 e. The van der Waals surface area contributed by atoms with Gasteiger partial charge in [0, 0.05) is 15.6 Å². The highest BCUT2D eigenvalue weighted by Crippen LogP contribution is 2.40. The van der Waals surface area contributed by atoms with Crippen LogP contribution >= 0.6 is 23.4 Å². The number of aryl methyl sites for hydroxylation is 1. The summed E-state index contributed by atoms with van der Waals surface area (Å²) in [6.07, 6.45) is 0.757. The Bertz CT molecular complexity index is 1010. The lowest BCUT2D eigenvalue weighted by Crippen LogP contribution is -2.15. The van der Waals surface area contributed by atoms with Crippen molar-refractivity contribution in [2.45, 2.75) is 32.1 Å². The first kappa shape index (κ1) is 21.3. The summed E-state index contributed by atoms with van der Waals surface area (Å²) in [6, 6.07) is 16.8. The van der Waals surface area contributed by atoms with Crippen LogP contribution < -0.4 is 5.32 Å². The van der Waals surface area contributed by atoms with Crippen molar-refractivity contribution in [2.24, 2.45) is 0 Å². The van der Waals surface area contributed by atoms with Crippen LogP contribution in [0.3, 0.4) is 0 Å². The smallest absolute Gasteiger partial charge is 0.260 e. The van der Waals surface area contributed by atoms with Crippen molar-refractivity contribution < 1.29 is 9.90 Å². The van der Waals surface area contributed by atoms with E-state index in [1.54, 1.807) is 42.1 Å². The molecule has 1 amide bonds. The largest absolute Gasteiger partial charge is 0.507 e. The third-order valence-electron chi connectivity index (χ3n) is 4.70. The third-order valence-corrected chi connectivity index (χ3v) is 5.98. The first-order valence-corrected chi connectivity index (χ1v) is 11.0. The standard InChI is InChI=1S/C24H24ClNO2S/c1-4-19-20(16-8-6-15(3)7-9-16)14-21(27)22(23(19)29-5-2)24(28)26-18-12-10-17(25)11-13-18/h6-14,27H,4-5H2,1-3H3,(H,26,28). The Morgan fingerprint density at radius 3 is 2.31 bits per heavy atom. The lowest BCUT2D eigenvalue weighted by Gasteiger charge is -2.19. The molecule has 29 heavy (non-hydrogen) atoms. The fourth-order valence-electron chi connectivity index (χ4n) is 3.28. The second-order valence-electron chi connectivity index (χ2n) is 6.74. The normalized spacial score (nSPS) is 10.8. The molecule has 3 aromatic carbocycles. The molecule has 3 aromatic rings. The quantitative estimate of drug-likeness (QED) is 0.420. The van der Waals surface area contributed by atoms with Crippen LogP contribution in [0.1, 0.15) is 35.3 Å². The van der Waals surface area contributed by atoms with Gasteiger partial charge in [-0.25, -0.2) is 0 Å². The second kappa shape index (κ2) is 9.38. The predicted molar refractivity (Wildman–Crippen MR) is 123 cm³/mol. The number of carbonyl (C=O) groups excluding carboxylic acids is 1. The first-order chi connectivity index (χ1) is 13.9. The van der Waals surface area contributed by atoms with Gasteiger partial charge in [-0.05, 0) is 66.1 Å². The summed E-state index contributed by atoms with van der Waals surface area (Å²) >= 11 is 7.50. The zero-order valence-corrected chi connectivity index (χ0v) is 18.3. The van der Waals surface area contributed by atoms with Gasteiger partial charge in [0.15, 0.2) is 0 Å². The molecule has 0 aliphatic rings. The van der Waals surface area contributed by atoms with Crippen molar-refractivity contribution in [3.8, 4) is 16.9 Å². The molecule has 0 heterocycles. The Labute approximate surface area is 181 Å². The summed E-state index contributed by atoms with van der Waals surface area (Å²) in [5.41, 5.74) is 5.19. The van der Waals surface area contributed by atoms with Crippen molar-refractivity contribution in [1.29, 1.82) is 0 Å². The lowest BCUT2D eigenvalue weighted by molar-refractivity contribution is 0.102. The van der Waals surface area contributed by atoms with Crippen molar-refractivity contribution in [1.82, 2.24) is 0 Å². The molecular weight excluding hydrogens is 402 g/mol. The molecule has 0 fully saturated rings. The summed E-state index contributed by atoms with van der Waals surface area (Å²) in [4.78, 5) is 13.9. The number of nitrogens with one attached hydrogen (secondary N) is 1. The minimum atomic E-state index is -0.328. The van der Waals surface area contributed by atoms with Gasteiger partial charge >= 0.3 is 0 Å². The number of amides is 1. The molecule has 150 valence electrons. The molecule has 3 rings (SSSR count). The molecule has 0 spiro atoms. The van der Waals surface area contributed by atoms with Gasteiger partial charge in [-0.2, -0.15) is 0 Å². The van der Waals surface area contributed by atoms with E-state index in [9.17, 15) is 9.90 Å². The number of anilines is 1. The molecule has 0 radical (unpaired) electrons. The Balaban J connectivity index is 2.10. The minimum absolute atomic E-state index is 0.0137. The number of hydrogen-bond donors (Lipinski definition) is 2. The van der Waals surface area contributed by atoms with Crippen LogP contribution in [0.5, 0.6) is 5.75 Å². The van der Waals surface area contributed by atoms with E-state index in [1.807, 2.05) is 13.8 Å². The molecule has 0 aliphatic heterocycles. The van der Waals surface area contributed by atoms with E-state index in [2.05, 4.69) is 36.5 Å². The fraction of sp³-hybridized carbons (Fsp3) is 0.208. The van der Waals surface area contributed by atoms with Gasteiger partial charge < -0.3 is 10.4 Å². The molecule has 0 aromatic heterocycles. The number of thioether (sulfide) groups is 1. The fourth-order valence-corrected chi connectivity index (χ4v) is 4.46. The van der Waals surface area contributed by atoms with Crippen LogP contribution in [0.25, 0.3) is 11.1 Å². The first-order valence-electron chi connectivity index (χ1n) is 9.60. The van der Waals surface area contributed by atoms with Gasteiger partial charge in [-0.1, -0.05) is 55.3 Å². The monoisotopic (exact) mass is 425 g/mol. The van der Waals surface area contributed by atoms with E-state index in [4.69, 9.17) is 11.6 Å². The Hall–Kier alpha value is -2.43. The summed E-state index contributed by atoms with van der Waals surface area (Å²) in [6.45, 7) is 6.16. The van der Waals surface area contributed by atoms with E-state index >= 15 is 0 Å². The molecule has 0 aliphatic carbocycles. The van der Waals surface area contributed by atoms with E-state index < -0.39 is 0 Å². The maximum atomic E-state index is 13.1. The van der Waals surface area contributed by atoms with Crippen molar-refractivity contribution in [3.05, 3.63) is 76.3 Å². The van der Waals surface area contributed by atoms with Gasteiger partial charge in [0.2, 0.25) is 0 Å². The number of hydrogen-bond acceptors (Lipinski definition) is 3. The van der Waals surface area contributed by atoms with E-state index in [0.29, 0.717) is 16.3 Å². The number of aromatic hydroxyl groups is 1. The SMILES string of the molecule is CCSc1c(CC)c(-c2ccc(C)cc2)cc(O)c1C(=O)Nc1ccc(Cl)cc1. The zero-order chi connectivity index (χ0) is 21.0. The van der Waals surface area contributed by atoms with Gasteiger partial charge in [0.05, 0.1) is 5.56 Å². The maximum Gasteiger partial charge on any atom is 0.260 e. The van der Waals surface area contributed by atoms with Crippen molar-refractivity contribution in [3.63, 3.8) is 0 Å². The van der Waals surface area contributed by atoms with E-state index in [1.165, 1.54) is 5.56 Å². The summed E-state index contributed by atoms with van der Waals surface area (Å²) in [5.74, 6) is 0.455. The Kier molecular flexibility index (Phi) is 6.88. The summed E-state index contributed by atoms with van der Waals surface area (Å²) in [7, 11) is 0. The molecule has 2 N–H and O–H groups in total. The lowest BCUT2D eigenvalue weighted by atomic mass is 9.94. The molecule has 0 saturated carbocycles. The van der Waals surface area contributed by atoms with Crippen molar-refractivity contribution >= 4 is 35.0 Å². The van der Waals surface area contributed by atoms with Gasteiger partial charge in [0.1, 0.15) is 5.75 Å². The average Bonchev–Trinajstić information content (AvgIpc) is 2.70. The van der Waals surface area contributed by atoms with Crippen LogP contribution in [0.15, 0.2) is 59.5 Å². The topological polar surface area (TPSA) is 49.3 Å². The molecule has 0 atom stereocenters. The van der Waals surface area contributed by atoms with Crippen molar-refractivity contribution in [2.75, 3.05) is 11.1 Å². The van der Waals surface area contributed by atoms with Crippen LogP contribution in [-0.2, 0) is 6.42 Å². The maximum absolute atomic E-state index is 13.1. The third kappa shape index (κ3) is 4.77. The van der Waals surface area contributed by atoms with Crippen LogP contribution in [-0.4, -0.2) is 16.8 Å². The van der Waals surface area contributed by atoms with Gasteiger partial charge in [-0.3, -0.25) is 4.79 Å². The predicted octanol–water partition coefficient (Wildman–Crippen LogP) is 6.95. The number of benzene rings is 3. The van der Waals surface area contributed by atoms with Crippen LogP contribution in [0.2, 0.25) is 5.02 Å². The number of rotatable bonds is 6. The van der Waals surface area contributed by atoms with Gasteiger partial charge in [-0.15, -0.1) is 11.8 Å². The summed E-state index contributed by atoms with van der Waals surface area (Å²) < 4.78 is 0. The van der Waals surface area contributed by atoms with E-state index in [0.717, 1.165) is 33.8 Å².